The molecule has 0 fully saturated rings. The van der Waals surface area contributed by atoms with Gasteiger partial charge in [0, 0.05) is 15.5 Å². The highest BCUT2D eigenvalue weighted by molar-refractivity contribution is 7.99. The Kier molecular flexibility index (Phi) is 4.24. The first-order valence-corrected chi connectivity index (χ1v) is 6.80. The smallest absolute Gasteiger partial charge is 0.335 e. The normalized spacial score (nSPS) is 10.4. The summed E-state index contributed by atoms with van der Waals surface area (Å²) in [4.78, 5) is 12.5. The van der Waals surface area contributed by atoms with E-state index in [1.807, 2.05) is 6.07 Å². The first kappa shape index (κ1) is 14.1. The summed E-state index contributed by atoms with van der Waals surface area (Å²) in [6.45, 7) is 0. The Balaban J connectivity index is 2.28. The number of nitrogens with two attached hydrogens (primary N) is 1. The van der Waals surface area contributed by atoms with Crippen LogP contribution in [0.25, 0.3) is 0 Å². The summed E-state index contributed by atoms with van der Waals surface area (Å²) in [6, 6.07) is 9.88. The standard InChI is InChI=1S/C13H9Cl2NO2S/c14-9-3-2-8(6-10(9)15)19-12-4-1-7(13(17)18)5-11(12)16/h1-6H,16H2,(H,17,18). The third-order valence-corrected chi connectivity index (χ3v) is 4.20. The van der Waals surface area contributed by atoms with Gasteiger partial charge < -0.3 is 10.8 Å². The topological polar surface area (TPSA) is 63.3 Å². The summed E-state index contributed by atoms with van der Waals surface area (Å²) >= 11 is 13.2. The Labute approximate surface area is 124 Å². The van der Waals surface area contributed by atoms with Gasteiger partial charge in [-0.1, -0.05) is 35.0 Å². The lowest BCUT2D eigenvalue weighted by atomic mass is 10.2. The Hall–Kier alpha value is -1.36. The van der Waals surface area contributed by atoms with E-state index in [0.29, 0.717) is 15.7 Å². The first-order valence-electron chi connectivity index (χ1n) is 5.23. The Bertz CT molecular complexity index is 647. The summed E-state index contributed by atoms with van der Waals surface area (Å²) < 4.78 is 0. The molecule has 0 aliphatic heterocycles. The molecule has 2 rings (SSSR count). The van der Waals surface area contributed by atoms with E-state index in [4.69, 9.17) is 34.0 Å². The highest BCUT2D eigenvalue weighted by Crippen LogP contribution is 2.35. The molecule has 98 valence electrons. The van der Waals surface area contributed by atoms with Gasteiger partial charge in [-0.15, -0.1) is 0 Å². The van der Waals surface area contributed by atoms with Crippen LogP contribution in [0.2, 0.25) is 10.0 Å². The number of carbonyl (C=O) groups is 1. The van der Waals surface area contributed by atoms with Crippen molar-refractivity contribution in [2.24, 2.45) is 0 Å². The van der Waals surface area contributed by atoms with E-state index in [2.05, 4.69) is 0 Å². The fraction of sp³-hybridized carbons (Fsp3) is 0. The van der Waals surface area contributed by atoms with E-state index in [0.717, 1.165) is 9.79 Å². The van der Waals surface area contributed by atoms with E-state index >= 15 is 0 Å². The van der Waals surface area contributed by atoms with Crippen LogP contribution in [0.4, 0.5) is 5.69 Å². The van der Waals surface area contributed by atoms with Crippen LogP contribution < -0.4 is 5.73 Å². The predicted octanol–water partition coefficient (Wildman–Crippen LogP) is 4.43. The second-order valence-electron chi connectivity index (χ2n) is 3.74. The highest BCUT2D eigenvalue weighted by Gasteiger charge is 2.08. The van der Waals surface area contributed by atoms with Crippen LogP contribution in [0, 0.1) is 0 Å². The Morgan fingerprint density at radius 1 is 1.11 bits per heavy atom. The maximum absolute atomic E-state index is 10.8. The maximum atomic E-state index is 10.8. The number of halogens is 2. The molecule has 0 unspecified atom stereocenters. The number of hydrogen-bond acceptors (Lipinski definition) is 3. The molecule has 0 amide bonds. The van der Waals surface area contributed by atoms with Crippen LogP contribution in [0.3, 0.4) is 0 Å². The van der Waals surface area contributed by atoms with Crippen LogP contribution in [0.1, 0.15) is 10.4 Å². The SMILES string of the molecule is Nc1cc(C(=O)O)ccc1Sc1ccc(Cl)c(Cl)c1. The van der Waals surface area contributed by atoms with E-state index in [9.17, 15) is 4.79 Å². The van der Waals surface area contributed by atoms with Crippen molar-refractivity contribution in [1.29, 1.82) is 0 Å². The number of benzene rings is 2. The van der Waals surface area contributed by atoms with Crippen LogP contribution in [-0.2, 0) is 0 Å². The third-order valence-electron chi connectivity index (χ3n) is 2.38. The van der Waals surface area contributed by atoms with Gasteiger partial charge >= 0.3 is 5.97 Å². The number of carboxylic acids is 1. The van der Waals surface area contributed by atoms with Crippen molar-refractivity contribution in [3.05, 3.63) is 52.0 Å². The monoisotopic (exact) mass is 313 g/mol. The molecule has 0 heterocycles. The van der Waals surface area contributed by atoms with Gasteiger partial charge in [0.1, 0.15) is 0 Å². The Morgan fingerprint density at radius 3 is 2.42 bits per heavy atom. The molecule has 0 atom stereocenters. The van der Waals surface area contributed by atoms with E-state index in [1.54, 1.807) is 18.2 Å². The zero-order valence-corrected chi connectivity index (χ0v) is 11.9. The van der Waals surface area contributed by atoms with Crippen molar-refractivity contribution in [2.75, 3.05) is 5.73 Å². The second kappa shape index (κ2) is 5.74. The van der Waals surface area contributed by atoms with E-state index < -0.39 is 5.97 Å². The number of hydrogen-bond donors (Lipinski definition) is 2. The molecule has 0 radical (unpaired) electrons. The quantitative estimate of drug-likeness (QED) is 0.823. The molecule has 3 N–H and O–H groups in total. The predicted molar refractivity (Wildman–Crippen MR) is 78.4 cm³/mol. The van der Waals surface area contributed by atoms with Gasteiger partial charge in [0.25, 0.3) is 0 Å². The lowest BCUT2D eigenvalue weighted by molar-refractivity contribution is 0.0697. The highest BCUT2D eigenvalue weighted by atomic mass is 35.5. The number of anilines is 1. The molecule has 2 aromatic carbocycles. The van der Waals surface area contributed by atoms with Gasteiger partial charge in [-0.25, -0.2) is 4.79 Å². The van der Waals surface area contributed by atoms with Crippen molar-refractivity contribution in [1.82, 2.24) is 0 Å². The van der Waals surface area contributed by atoms with Crippen LogP contribution in [-0.4, -0.2) is 11.1 Å². The fourth-order valence-electron chi connectivity index (χ4n) is 1.44. The van der Waals surface area contributed by atoms with Gasteiger partial charge in [-0.3, -0.25) is 0 Å². The van der Waals surface area contributed by atoms with Crippen LogP contribution >= 0.6 is 35.0 Å². The lowest BCUT2D eigenvalue weighted by Crippen LogP contribution is -1.98. The minimum atomic E-state index is -1.00. The molecule has 0 bridgehead atoms. The second-order valence-corrected chi connectivity index (χ2v) is 5.67. The average Bonchev–Trinajstić information content (AvgIpc) is 2.36. The van der Waals surface area contributed by atoms with Crippen LogP contribution in [0.5, 0.6) is 0 Å². The van der Waals surface area contributed by atoms with Gasteiger partial charge in [0.05, 0.1) is 15.6 Å². The van der Waals surface area contributed by atoms with E-state index in [1.165, 1.54) is 23.9 Å². The molecule has 0 saturated carbocycles. The van der Waals surface area contributed by atoms with Gasteiger partial charge in [0.2, 0.25) is 0 Å². The molecule has 0 saturated heterocycles. The Morgan fingerprint density at radius 2 is 1.84 bits per heavy atom. The van der Waals surface area contributed by atoms with Crippen molar-refractivity contribution in [3.8, 4) is 0 Å². The zero-order chi connectivity index (χ0) is 14.0. The maximum Gasteiger partial charge on any atom is 0.335 e. The number of carboxylic acid groups (broad SMARTS) is 1. The molecule has 0 aliphatic rings. The minimum Gasteiger partial charge on any atom is -0.478 e. The van der Waals surface area contributed by atoms with Crippen molar-refractivity contribution in [3.63, 3.8) is 0 Å². The zero-order valence-electron chi connectivity index (χ0n) is 9.56. The van der Waals surface area contributed by atoms with Gasteiger partial charge in [-0.2, -0.15) is 0 Å². The number of nitrogen functional groups attached to an aromatic ring is 1. The third kappa shape index (κ3) is 3.35. The molecular formula is C13H9Cl2NO2S. The lowest BCUT2D eigenvalue weighted by Gasteiger charge is -2.07. The van der Waals surface area contributed by atoms with Gasteiger partial charge in [-0.05, 0) is 36.4 Å². The summed E-state index contributed by atoms with van der Waals surface area (Å²) in [7, 11) is 0. The summed E-state index contributed by atoms with van der Waals surface area (Å²) in [6.07, 6.45) is 0. The average molecular weight is 314 g/mol. The molecule has 3 nitrogen and oxygen atoms in total. The van der Waals surface area contributed by atoms with Crippen molar-refractivity contribution >= 4 is 46.6 Å². The molecular weight excluding hydrogens is 305 g/mol. The fourth-order valence-corrected chi connectivity index (χ4v) is 2.68. The molecule has 6 heteroatoms. The number of rotatable bonds is 3. The molecule has 19 heavy (non-hydrogen) atoms. The van der Waals surface area contributed by atoms with E-state index in [-0.39, 0.29) is 5.56 Å². The molecule has 2 aromatic rings. The minimum absolute atomic E-state index is 0.163. The van der Waals surface area contributed by atoms with Crippen LogP contribution in [0.15, 0.2) is 46.2 Å². The molecule has 0 aliphatic carbocycles. The molecule has 0 spiro atoms. The van der Waals surface area contributed by atoms with Crippen molar-refractivity contribution in [2.45, 2.75) is 9.79 Å². The summed E-state index contributed by atoms with van der Waals surface area (Å²) in [5.74, 6) is -1.00. The summed E-state index contributed by atoms with van der Waals surface area (Å²) in [5.41, 5.74) is 6.41. The molecule has 0 aromatic heterocycles. The summed E-state index contributed by atoms with van der Waals surface area (Å²) in [5, 5.41) is 9.81. The van der Waals surface area contributed by atoms with Gasteiger partial charge in [0.15, 0.2) is 0 Å². The van der Waals surface area contributed by atoms with Crippen molar-refractivity contribution < 1.29 is 9.90 Å². The number of aromatic carboxylic acids is 1. The largest absolute Gasteiger partial charge is 0.478 e. The first-order chi connectivity index (χ1) is 8.97.